The SMILES string of the molecule is Cc1c(Cl)c(=O)oc2cc(OCC(=O)N[C@@H](CO)C(=O)N3CCN(Cc4ccc5c(c4)OCO5)CC3)ccc12. The summed E-state index contributed by atoms with van der Waals surface area (Å²) in [6.45, 7) is 3.96. The second-order valence-corrected chi connectivity index (χ2v) is 9.74. The minimum Gasteiger partial charge on any atom is -0.484 e. The zero-order valence-electron chi connectivity index (χ0n) is 21.3. The number of nitrogens with one attached hydrogen (secondary N) is 1. The van der Waals surface area contributed by atoms with Crippen LogP contribution in [0.25, 0.3) is 11.0 Å². The van der Waals surface area contributed by atoms with Gasteiger partial charge in [-0.3, -0.25) is 14.5 Å². The van der Waals surface area contributed by atoms with Gasteiger partial charge in [0.25, 0.3) is 5.91 Å². The standard InChI is InChI=1S/C27H28ClN3O8/c1-16-19-4-3-18(11-22(19)39-27(35)25(16)28)36-14-24(33)29-20(13-32)26(34)31-8-6-30(7-9-31)12-17-2-5-21-23(10-17)38-15-37-21/h2-5,10-11,20,32H,6-9,12-15H2,1H3,(H,29,33)/t20-/m0/s1. The minimum atomic E-state index is -1.08. The third-order valence-electron chi connectivity index (χ3n) is 6.78. The number of fused-ring (bicyclic) bond motifs is 2. The Morgan fingerprint density at radius 3 is 2.64 bits per heavy atom. The average molecular weight is 558 g/mol. The molecule has 1 saturated heterocycles. The average Bonchev–Trinajstić information content (AvgIpc) is 3.41. The fraction of sp³-hybridized carbons (Fsp3) is 0.370. The molecular formula is C27H28ClN3O8. The molecule has 2 N–H and O–H groups in total. The summed E-state index contributed by atoms with van der Waals surface area (Å²) in [5.41, 5.74) is 1.30. The molecule has 1 fully saturated rings. The van der Waals surface area contributed by atoms with Crippen molar-refractivity contribution in [3.8, 4) is 17.2 Å². The third-order valence-corrected chi connectivity index (χ3v) is 7.22. The summed E-state index contributed by atoms with van der Waals surface area (Å²) in [4.78, 5) is 41.2. The summed E-state index contributed by atoms with van der Waals surface area (Å²) in [6, 6.07) is 9.56. The van der Waals surface area contributed by atoms with Crippen LogP contribution in [0.5, 0.6) is 17.2 Å². The molecule has 12 heteroatoms. The molecule has 0 unspecified atom stereocenters. The first-order chi connectivity index (χ1) is 18.8. The Morgan fingerprint density at radius 1 is 1.10 bits per heavy atom. The number of aliphatic hydroxyl groups is 1. The molecule has 2 amide bonds. The number of carbonyl (C=O) groups is 2. The van der Waals surface area contributed by atoms with Gasteiger partial charge in [0, 0.05) is 44.2 Å². The number of rotatable bonds is 8. The quantitative estimate of drug-likeness (QED) is 0.397. The van der Waals surface area contributed by atoms with Crippen LogP contribution in [0.15, 0.2) is 45.6 Å². The number of halogens is 1. The minimum absolute atomic E-state index is 0.0152. The summed E-state index contributed by atoms with van der Waals surface area (Å²) in [7, 11) is 0. The lowest BCUT2D eigenvalue weighted by atomic mass is 10.1. The largest absolute Gasteiger partial charge is 0.484 e. The number of hydrogen-bond acceptors (Lipinski definition) is 9. The van der Waals surface area contributed by atoms with Crippen LogP contribution < -0.4 is 25.2 Å². The van der Waals surface area contributed by atoms with Crippen molar-refractivity contribution in [2.75, 3.05) is 46.2 Å². The molecule has 0 spiro atoms. The summed E-state index contributed by atoms with van der Waals surface area (Å²) in [6.07, 6.45) is 0. The molecule has 1 atom stereocenters. The van der Waals surface area contributed by atoms with Crippen molar-refractivity contribution >= 4 is 34.4 Å². The van der Waals surface area contributed by atoms with Gasteiger partial charge in [0.2, 0.25) is 12.7 Å². The van der Waals surface area contributed by atoms with Crippen LogP contribution in [0.3, 0.4) is 0 Å². The van der Waals surface area contributed by atoms with Gasteiger partial charge in [0.15, 0.2) is 18.1 Å². The molecule has 1 aromatic heterocycles. The van der Waals surface area contributed by atoms with Crippen LogP contribution in [-0.2, 0) is 16.1 Å². The van der Waals surface area contributed by atoms with Gasteiger partial charge in [0.1, 0.15) is 22.4 Å². The van der Waals surface area contributed by atoms with E-state index >= 15 is 0 Å². The topological polar surface area (TPSA) is 131 Å². The maximum Gasteiger partial charge on any atom is 0.355 e. The van der Waals surface area contributed by atoms with Crippen LogP contribution in [-0.4, -0.2) is 78.9 Å². The van der Waals surface area contributed by atoms with Gasteiger partial charge >= 0.3 is 5.63 Å². The fourth-order valence-electron chi connectivity index (χ4n) is 4.62. The number of aliphatic hydroxyl groups excluding tert-OH is 1. The molecule has 2 aliphatic heterocycles. The maximum atomic E-state index is 13.0. The number of nitrogens with zero attached hydrogens (tertiary/aromatic N) is 2. The van der Waals surface area contributed by atoms with E-state index in [1.54, 1.807) is 24.0 Å². The van der Waals surface area contributed by atoms with Gasteiger partial charge in [-0.05, 0) is 42.3 Å². The lowest BCUT2D eigenvalue weighted by molar-refractivity contribution is -0.139. The highest BCUT2D eigenvalue weighted by Crippen LogP contribution is 2.33. The molecule has 3 heterocycles. The Kier molecular flexibility index (Phi) is 7.92. The summed E-state index contributed by atoms with van der Waals surface area (Å²) in [5, 5.41) is 13.0. The van der Waals surface area contributed by atoms with E-state index in [2.05, 4.69) is 10.2 Å². The van der Waals surface area contributed by atoms with Gasteiger partial charge in [0.05, 0.1) is 6.61 Å². The third kappa shape index (κ3) is 5.95. The molecule has 2 aromatic carbocycles. The Bertz CT molecular complexity index is 1450. The molecule has 5 rings (SSSR count). The number of benzene rings is 2. The number of amides is 2. The number of piperazine rings is 1. The van der Waals surface area contributed by atoms with E-state index in [0.29, 0.717) is 49.4 Å². The van der Waals surface area contributed by atoms with Crippen molar-refractivity contribution < 1.29 is 33.3 Å². The molecule has 0 bridgehead atoms. The Labute approximate surface area is 228 Å². The van der Waals surface area contributed by atoms with Crippen molar-refractivity contribution in [1.29, 1.82) is 0 Å². The molecular weight excluding hydrogens is 530 g/mol. The first kappa shape index (κ1) is 26.8. The summed E-state index contributed by atoms with van der Waals surface area (Å²) < 4.78 is 21.5. The lowest BCUT2D eigenvalue weighted by Crippen LogP contribution is -2.56. The predicted molar refractivity (Wildman–Crippen MR) is 141 cm³/mol. The van der Waals surface area contributed by atoms with E-state index in [1.165, 1.54) is 6.07 Å². The van der Waals surface area contributed by atoms with Gasteiger partial charge in [-0.2, -0.15) is 0 Å². The smallest absolute Gasteiger partial charge is 0.355 e. The van der Waals surface area contributed by atoms with E-state index in [-0.39, 0.29) is 23.3 Å². The van der Waals surface area contributed by atoms with Crippen LogP contribution in [0.2, 0.25) is 5.02 Å². The molecule has 2 aliphatic rings. The molecule has 206 valence electrons. The number of hydrogen-bond donors (Lipinski definition) is 2. The van der Waals surface area contributed by atoms with Gasteiger partial charge in [-0.1, -0.05) is 17.7 Å². The zero-order chi connectivity index (χ0) is 27.5. The predicted octanol–water partition coefficient (Wildman–Crippen LogP) is 1.68. The molecule has 3 aromatic rings. The van der Waals surface area contributed by atoms with E-state index in [4.69, 9.17) is 30.2 Å². The second-order valence-electron chi connectivity index (χ2n) is 9.37. The van der Waals surface area contributed by atoms with Crippen molar-refractivity contribution in [3.63, 3.8) is 0 Å². The fourth-order valence-corrected chi connectivity index (χ4v) is 4.76. The molecule has 0 aliphatic carbocycles. The summed E-state index contributed by atoms with van der Waals surface area (Å²) >= 11 is 5.95. The van der Waals surface area contributed by atoms with Crippen LogP contribution in [0.1, 0.15) is 11.1 Å². The van der Waals surface area contributed by atoms with E-state index < -0.39 is 30.8 Å². The summed E-state index contributed by atoms with van der Waals surface area (Å²) in [5.74, 6) is 0.848. The van der Waals surface area contributed by atoms with Gasteiger partial charge in [-0.15, -0.1) is 0 Å². The van der Waals surface area contributed by atoms with E-state index in [0.717, 1.165) is 17.1 Å². The normalized spacial score (nSPS) is 15.8. The van der Waals surface area contributed by atoms with E-state index in [1.807, 2.05) is 18.2 Å². The Morgan fingerprint density at radius 2 is 1.87 bits per heavy atom. The first-order valence-electron chi connectivity index (χ1n) is 12.5. The number of carbonyl (C=O) groups excluding carboxylic acids is 2. The van der Waals surface area contributed by atoms with Gasteiger partial charge < -0.3 is 34.0 Å². The van der Waals surface area contributed by atoms with Crippen LogP contribution in [0, 0.1) is 6.92 Å². The van der Waals surface area contributed by atoms with Crippen LogP contribution >= 0.6 is 11.6 Å². The lowest BCUT2D eigenvalue weighted by Gasteiger charge is -2.36. The monoisotopic (exact) mass is 557 g/mol. The highest BCUT2D eigenvalue weighted by atomic mass is 35.5. The molecule has 39 heavy (non-hydrogen) atoms. The van der Waals surface area contributed by atoms with Crippen molar-refractivity contribution in [1.82, 2.24) is 15.1 Å². The Balaban J connectivity index is 1.11. The highest BCUT2D eigenvalue weighted by Gasteiger charge is 2.28. The van der Waals surface area contributed by atoms with Crippen molar-refractivity contribution in [3.05, 3.63) is 63.0 Å². The van der Waals surface area contributed by atoms with Gasteiger partial charge in [-0.25, -0.2) is 4.79 Å². The molecule has 11 nitrogen and oxygen atoms in total. The van der Waals surface area contributed by atoms with Crippen LogP contribution in [0.4, 0.5) is 0 Å². The Hall–Kier alpha value is -3.80. The maximum absolute atomic E-state index is 13.0. The first-order valence-corrected chi connectivity index (χ1v) is 12.9. The number of aryl methyl sites for hydroxylation is 1. The number of ether oxygens (including phenoxy) is 3. The molecule has 0 radical (unpaired) electrons. The van der Waals surface area contributed by atoms with Crippen molar-refractivity contribution in [2.24, 2.45) is 0 Å². The highest BCUT2D eigenvalue weighted by molar-refractivity contribution is 6.31. The zero-order valence-corrected chi connectivity index (χ0v) is 22.0. The van der Waals surface area contributed by atoms with Crippen molar-refractivity contribution in [2.45, 2.75) is 19.5 Å². The second kappa shape index (κ2) is 11.5. The molecule has 0 saturated carbocycles. The van der Waals surface area contributed by atoms with E-state index in [9.17, 15) is 19.5 Å².